The van der Waals surface area contributed by atoms with Gasteiger partial charge in [-0.15, -0.1) is 0 Å². The van der Waals surface area contributed by atoms with Gasteiger partial charge in [-0.05, 0) is 43.5 Å². The molecule has 3 unspecified atom stereocenters. The molecule has 0 amide bonds. The number of hydrogen-bond donors (Lipinski definition) is 2. The van der Waals surface area contributed by atoms with E-state index in [4.69, 9.17) is 15.5 Å². The van der Waals surface area contributed by atoms with E-state index < -0.39 is 0 Å². The molecule has 3 N–H and O–H groups in total. The second-order valence-corrected chi connectivity index (χ2v) is 6.95. The van der Waals surface area contributed by atoms with Gasteiger partial charge in [0.05, 0.1) is 12.1 Å². The van der Waals surface area contributed by atoms with E-state index in [1.54, 1.807) is 0 Å². The molecule has 0 radical (unpaired) electrons. The SMILES string of the molecule is Cc1ccc(NC(N)=NC2C3CCOC3C2(C)C)cc1C. The lowest BCUT2D eigenvalue weighted by Crippen LogP contribution is -2.59. The third-order valence-electron chi connectivity index (χ3n) is 5.10. The normalized spacial score (nSPS) is 30.7. The Morgan fingerprint density at radius 2 is 2.10 bits per heavy atom. The number of anilines is 1. The zero-order valence-corrected chi connectivity index (χ0v) is 13.3. The maximum atomic E-state index is 6.11. The zero-order chi connectivity index (χ0) is 15.2. The number of fused-ring (bicyclic) bond motifs is 1. The van der Waals surface area contributed by atoms with Gasteiger partial charge in [0.1, 0.15) is 0 Å². The Balaban J connectivity index is 1.73. The van der Waals surface area contributed by atoms with Gasteiger partial charge in [0.25, 0.3) is 0 Å². The summed E-state index contributed by atoms with van der Waals surface area (Å²) in [5.74, 6) is 1.03. The Kier molecular flexibility index (Phi) is 3.44. The van der Waals surface area contributed by atoms with E-state index in [1.807, 2.05) is 6.07 Å². The molecular formula is C17H25N3O. The molecule has 4 nitrogen and oxygen atoms in total. The molecule has 114 valence electrons. The lowest BCUT2D eigenvalue weighted by molar-refractivity contribution is -0.0985. The maximum absolute atomic E-state index is 6.11. The fraction of sp³-hybridized carbons (Fsp3) is 0.588. The highest BCUT2D eigenvalue weighted by atomic mass is 16.5. The molecule has 1 aromatic rings. The minimum absolute atomic E-state index is 0.0800. The van der Waals surface area contributed by atoms with Gasteiger partial charge in [-0.1, -0.05) is 19.9 Å². The summed E-state index contributed by atoms with van der Waals surface area (Å²) >= 11 is 0. The van der Waals surface area contributed by atoms with Crippen LogP contribution in [-0.4, -0.2) is 24.7 Å². The van der Waals surface area contributed by atoms with Gasteiger partial charge in [0.2, 0.25) is 0 Å². The summed E-state index contributed by atoms with van der Waals surface area (Å²) in [6, 6.07) is 6.49. The van der Waals surface area contributed by atoms with Gasteiger partial charge < -0.3 is 15.8 Å². The summed E-state index contributed by atoms with van der Waals surface area (Å²) in [4.78, 5) is 4.73. The summed E-state index contributed by atoms with van der Waals surface area (Å²) in [6.45, 7) is 9.50. The Bertz CT molecular complexity index is 579. The maximum Gasteiger partial charge on any atom is 0.193 e. The first-order valence-corrected chi connectivity index (χ1v) is 7.69. The van der Waals surface area contributed by atoms with Gasteiger partial charge in [0.15, 0.2) is 5.96 Å². The van der Waals surface area contributed by atoms with E-state index in [9.17, 15) is 0 Å². The van der Waals surface area contributed by atoms with Crippen molar-refractivity contribution in [2.24, 2.45) is 22.1 Å². The molecule has 0 bridgehead atoms. The number of benzene rings is 1. The first-order valence-electron chi connectivity index (χ1n) is 7.69. The van der Waals surface area contributed by atoms with Gasteiger partial charge in [0, 0.05) is 23.6 Å². The van der Waals surface area contributed by atoms with Crippen molar-refractivity contribution in [3.8, 4) is 0 Å². The number of nitrogens with one attached hydrogen (secondary N) is 1. The molecule has 1 saturated heterocycles. The molecule has 1 saturated carbocycles. The van der Waals surface area contributed by atoms with E-state index in [0.717, 1.165) is 18.7 Å². The lowest BCUT2D eigenvalue weighted by atomic mass is 9.57. The molecule has 1 heterocycles. The number of nitrogens with zero attached hydrogens (tertiary/aromatic N) is 1. The van der Waals surface area contributed by atoms with Crippen LogP contribution < -0.4 is 11.1 Å². The third-order valence-corrected chi connectivity index (χ3v) is 5.10. The standard InChI is InChI=1S/C17H25N3O/c1-10-5-6-12(9-11(10)2)19-16(18)20-14-13-7-8-21-15(13)17(14,3)4/h5-6,9,13-15H,7-8H2,1-4H3,(H3,18,19,20). The number of aliphatic imine (C=N–C) groups is 1. The number of guanidine groups is 1. The van der Waals surface area contributed by atoms with Crippen LogP contribution in [0, 0.1) is 25.2 Å². The molecule has 3 rings (SSSR count). The minimum Gasteiger partial charge on any atom is -0.377 e. The van der Waals surface area contributed by atoms with Crippen LogP contribution in [-0.2, 0) is 4.74 Å². The quantitative estimate of drug-likeness (QED) is 0.649. The summed E-state index contributed by atoms with van der Waals surface area (Å²) in [5, 5.41) is 3.21. The lowest BCUT2D eigenvalue weighted by Gasteiger charge is -2.52. The van der Waals surface area contributed by atoms with E-state index in [1.165, 1.54) is 11.1 Å². The van der Waals surface area contributed by atoms with Crippen molar-refractivity contribution in [3.63, 3.8) is 0 Å². The summed E-state index contributed by atoms with van der Waals surface area (Å²) in [6.07, 6.45) is 1.44. The molecule has 2 fully saturated rings. The smallest absolute Gasteiger partial charge is 0.193 e. The largest absolute Gasteiger partial charge is 0.377 e. The number of ether oxygens (including phenoxy) is 1. The minimum atomic E-state index is 0.0800. The van der Waals surface area contributed by atoms with Gasteiger partial charge in [-0.3, -0.25) is 0 Å². The predicted molar refractivity (Wildman–Crippen MR) is 86.6 cm³/mol. The van der Waals surface area contributed by atoms with Crippen LogP contribution in [0.3, 0.4) is 0 Å². The van der Waals surface area contributed by atoms with Crippen molar-refractivity contribution in [3.05, 3.63) is 29.3 Å². The predicted octanol–water partition coefficient (Wildman–Crippen LogP) is 2.84. The Morgan fingerprint density at radius 3 is 2.81 bits per heavy atom. The number of hydrogen-bond acceptors (Lipinski definition) is 2. The van der Waals surface area contributed by atoms with Crippen LogP contribution >= 0.6 is 0 Å². The average molecular weight is 287 g/mol. The fourth-order valence-corrected chi connectivity index (χ4v) is 3.71. The second kappa shape index (κ2) is 5.02. The van der Waals surface area contributed by atoms with Crippen LogP contribution in [0.15, 0.2) is 23.2 Å². The van der Waals surface area contributed by atoms with Crippen LogP contribution in [0.25, 0.3) is 0 Å². The highest BCUT2D eigenvalue weighted by Gasteiger charge is 2.59. The Hall–Kier alpha value is -1.55. The molecule has 3 atom stereocenters. The highest BCUT2D eigenvalue weighted by Crippen LogP contribution is 2.53. The molecule has 1 aromatic carbocycles. The summed E-state index contributed by atoms with van der Waals surface area (Å²) in [7, 11) is 0. The van der Waals surface area contributed by atoms with Crippen LogP contribution in [0.2, 0.25) is 0 Å². The third kappa shape index (κ3) is 2.42. The summed E-state index contributed by atoms with van der Waals surface area (Å²) in [5.41, 5.74) is 9.71. The number of nitrogens with two attached hydrogens (primary N) is 1. The monoisotopic (exact) mass is 287 g/mol. The first-order chi connectivity index (χ1) is 9.89. The first kappa shape index (κ1) is 14.4. The van der Waals surface area contributed by atoms with Crippen molar-refractivity contribution in [1.82, 2.24) is 0 Å². The van der Waals surface area contributed by atoms with Crippen molar-refractivity contribution < 1.29 is 4.74 Å². The average Bonchev–Trinajstić information content (AvgIpc) is 2.87. The molecule has 0 spiro atoms. The van der Waals surface area contributed by atoms with E-state index >= 15 is 0 Å². The van der Waals surface area contributed by atoms with Crippen LogP contribution in [0.5, 0.6) is 0 Å². The highest BCUT2D eigenvalue weighted by molar-refractivity contribution is 5.92. The molecular weight excluding hydrogens is 262 g/mol. The van der Waals surface area contributed by atoms with E-state index in [-0.39, 0.29) is 11.5 Å². The van der Waals surface area contributed by atoms with Gasteiger partial charge in [-0.25, -0.2) is 4.99 Å². The van der Waals surface area contributed by atoms with Crippen LogP contribution in [0.4, 0.5) is 5.69 Å². The number of aryl methyl sites for hydroxylation is 2. The Morgan fingerprint density at radius 1 is 1.33 bits per heavy atom. The molecule has 1 aliphatic carbocycles. The fourth-order valence-electron chi connectivity index (χ4n) is 3.71. The second-order valence-electron chi connectivity index (χ2n) is 6.95. The van der Waals surface area contributed by atoms with E-state index in [0.29, 0.717) is 18.0 Å². The molecule has 0 aromatic heterocycles. The zero-order valence-electron chi connectivity index (χ0n) is 13.3. The van der Waals surface area contributed by atoms with Gasteiger partial charge in [-0.2, -0.15) is 0 Å². The van der Waals surface area contributed by atoms with Crippen molar-refractivity contribution in [2.75, 3.05) is 11.9 Å². The van der Waals surface area contributed by atoms with Crippen molar-refractivity contribution in [1.29, 1.82) is 0 Å². The molecule has 2 aliphatic rings. The van der Waals surface area contributed by atoms with E-state index in [2.05, 4.69) is 45.1 Å². The molecule has 1 aliphatic heterocycles. The van der Waals surface area contributed by atoms with Crippen LogP contribution in [0.1, 0.15) is 31.4 Å². The molecule has 21 heavy (non-hydrogen) atoms. The topological polar surface area (TPSA) is 59.6 Å². The Labute approximate surface area is 126 Å². The van der Waals surface area contributed by atoms with Crippen molar-refractivity contribution >= 4 is 11.6 Å². The van der Waals surface area contributed by atoms with Gasteiger partial charge >= 0.3 is 0 Å². The summed E-state index contributed by atoms with van der Waals surface area (Å²) < 4.78 is 5.80. The number of rotatable bonds is 2. The molecule has 4 heteroatoms. The van der Waals surface area contributed by atoms with Crippen molar-refractivity contribution in [2.45, 2.75) is 46.3 Å².